The Bertz CT molecular complexity index is 468. The standard InChI is InChI=1S/C10H10N2O4/c1-6(13)9-4-3-8(11-7(2)14)5-10(9)12(15)16/h3-5H,1-2H3,(H,11,14). The number of anilines is 1. The van der Waals surface area contributed by atoms with Gasteiger partial charge in [0, 0.05) is 18.7 Å². The molecule has 0 saturated carbocycles. The minimum absolute atomic E-state index is 0.0269. The number of nitro benzene ring substituents is 1. The van der Waals surface area contributed by atoms with Gasteiger partial charge in [0.1, 0.15) is 0 Å². The van der Waals surface area contributed by atoms with Gasteiger partial charge in [-0.2, -0.15) is 0 Å². The minimum Gasteiger partial charge on any atom is -0.326 e. The molecule has 0 heterocycles. The fraction of sp³-hybridized carbons (Fsp3) is 0.200. The lowest BCUT2D eigenvalue weighted by Crippen LogP contribution is -2.07. The third-order valence-corrected chi connectivity index (χ3v) is 1.89. The van der Waals surface area contributed by atoms with Gasteiger partial charge < -0.3 is 5.32 Å². The van der Waals surface area contributed by atoms with E-state index in [1.807, 2.05) is 0 Å². The second kappa shape index (κ2) is 4.52. The zero-order chi connectivity index (χ0) is 12.3. The Hall–Kier alpha value is -2.24. The number of rotatable bonds is 3. The van der Waals surface area contributed by atoms with Crippen LogP contribution in [0.5, 0.6) is 0 Å². The molecule has 0 aromatic heterocycles. The van der Waals surface area contributed by atoms with Gasteiger partial charge in [-0.1, -0.05) is 0 Å². The summed E-state index contributed by atoms with van der Waals surface area (Å²) in [5.41, 5.74) is 0.0158. The van der Waals surface area contributed by atoms with E-state index >= 15 is 0 Å². The fourth-order valence-corrected chi connectivity index (χ4v) is 1.26. The van der Waals surface area contributed by atoms with E-state index in [4.69, 9.17) is 0 Å². The number of amides is 1. The Labute approximate surface area is 91.4 Å². The third-order valence-electron chi connectivity index (χ3n) is 1.89. The summed E-state index contributed by atoms with van der Waals surface area (Å²) in [4.78, 5) is 31.9. The van der Waals surface area contributed by atoms with Crippen LogP contribution in [0.1, 0.15) is 24.2 Å². The van der Waals surface area contributed by atoms with E-state index in [2.05, 4.69) is 5.32 Å². The SMILES string of the molecule is CC(=O)Nc1ccc(C(C)=O)c([N+](=O)[O-])c1. The van der Waals surface area contributed by atoms with Gasteiger partial charge in [-0.05, 0) is 19.1 Å². The molecular formula is C10H10N2O4. The van der Waals surface area contributed by atoms with E-state index in [9.17, 15) is 19.7 Å². The lowest BCUT2D eigenvalue weighted by molar-refractivity contribution is -0.385. The highest BCUT2D eigenvalue weighted by Crippen LogP contribution is 2.23. The molecule has 0 radical (unpaired) electrons. The fourth-order valence-electron chi connectivity index (χ4n) is 1.26. The Morgan fingerprint density at radius 1 is 1.31 bits per heavy atom. The molecule has 0 aliphatic rings. The molecule has 0 aliphatic heterocycles. The van der Waals surface area contributed by atoms with Crippen LogP contribution in [0.15, 0.2) is 18.2 Å². The van der Waals surface area contributed by atoms with Gasteiger partial charge in [0.05, 0.1) is 10.5 Å². The highest BCUT2D eigenvalue weighted by Gasteiger charge is 2.17. The third kappa shape index (κ3) is 2.63. The van der Waals surface area contributed by atoms with Crippen LogP contribution < -0.4 is 5.32 Å². The molecule has 6 heteroatoms. The molecule has 1 aromatic carbocycles. The molecule has 0 bridgehead atoms. The topological polar surface area (TPSA) is 89.3 Å². The van der Waals surface area contributed by atoms with Crippen molar-refractivity contribution in [2.24, 2.45) is 0 Å². The van der Waals surface area contributed by atoms with Crippen molar-refractivity contribution in [1.82, 2.24) is 0 Å². The van der Waals surface area contributed by atoms with E-state index in [1.54, 1.807) is 0 Å². The first kappa shape index (κ1) is 11.8. The Kier molecular flexibility index (Phi) is 3.34. The van der Waals surface area contributed by atoms with Crippen LogP contribution in [0.4, 0.5) is 11.4 Å². The summed E-state index contributed by atoms with van der Waals surface area (Å²) in [7, 11) is 0. The summed E-state index contributed by atoms with van der Waals surface area (Å²) in [5, 5.41) is 13.1. The van der Waals surface area contributed by atoms with Crippen LogP contribution in [0, 0.1) is 10.1 Å². The number of hydrogen-bond acceptors (Lipinski definition) is 4. The molecule has 1 aromatic rings. The molecule has 0 atom stereocenters. The highest BCUT2D eigenvalue weighted by atomic mass is 16.6. The molecule has 1 N–H and O–H groups in total. The highest BCUT2D eigenvalue weighted by molar-refractivity contribution is 5.99. The van der Waals surface area contributed by atoms with Crippen LogP contribution in [0.2, 0.25) is 0 Å². The van der Waals surface area contributed by atoms with Crippen molar-refractivity contribution in [1.29, 1.82) is 0 Å². The molecule has 16 heavy (non-hydrogen) atoms. The van der Waals surface area contributed by atoms with Crippen molar-refractivity contribution in [3.63, 3.8) is 0 Å². The van der Waals surface area contributed by atoms with Crippen LogP contribution in [-0.2, 0) is 4.79 Å². The smallest absolute Gasteiger partial charge is 0.282 e. The monoisotopic (exact) mass is 222 g/mol. The summed E-state index contributed by atoms with van der Waals surface area (Å²) < 4.78 is 0. The molecule has 0 unspecified atom stereocenters. The number of nitrogens with zero attached hydrogens (tertiary/aromatic N) is 1. The van der Waals surface area contributed by atoms with Crippen LogP contribution in [0.3, 0.4) is 0 Å². The molecule has 0 fully saturated rings. The first-order valence-corrected chi connectivity index (χ1v) is 4.49. The van der Waals surface area contributed by atoms with Gasteiger partial charge in [-0.25, -0.2) is 0 Å². The molecule has 1 amide bonds. The summed E-state index contributed by atoms with van der Waals surface area (Å²) in [6.45, 7) is 2.55. The molecular weight excluding hydrogens is 212 g/mol. The maximum atomic E-state index is 11.1. The number of nitrogens with one attached hydrogen (secondary N) is 1. The molecule has 0 spiro atoms. The van der Waals surface area contributed by atoms with Gasteiger partial charge in [0.25, 0.3) is 5.69 Å². The van der Waals surface area contributed by atoms with E-state index < -0.39 is 4.92 Å². The van der Waals surface area contributed by atoms with Gasteiger partial charge in [0.2, 0.25) is 5.91 Å². The minimum atomic E-state index is -0.651. The van der Waals surface area contributed by atoms with E-state index in [1.165, 1.54) is 26.0 Å². The second-order valence-corrected chi connectivity index (χ2v) is 3.23. The van der Waals surface area contributed by atoms with Crippen molar-refractivity contribution in [2.45, 2.75) is 13.8 Å². The molecule has 84 valence electrons. The normalized spacial score (nSPS) is 9.62. The first-order valence-electron chi connectivity index (χ1n) is 4.49. The summed E-state index contributed by atoms with van der Waals surface area (Å²) >= 11 is 0. The van der Waals surface area contributed by atoms with E-state index in [-0.39, 0.29) is 22.9 Å². The van der Waals surface area contributed by atoms with Crippen molar-refractivity contribution in [2.75, 3.05) is 5.32 Å². The number of hydrogen-bond donors (Lipinski definition) is 1. The molecule has 1 rings (SSSR count). The van der Waals surface area contributed by atoms with E-state index in [0.717, 1.165) is 6.07 Å². The number of benzene rings is 1. The van der Waals surface area contributed by atoms with E-state index in [0.29, 0.717) is 5.69 Å². The Morgan fingerprint density at radius 2 is 1.94 bits per heavy atom. The summed E-state index contributed by atoms with van der Waals surface area (Å²) in [6, 6.07) is 3.94. The number of ketones is 1. The van der Waals surface area contributed by atoms with Gasteiger partial charge in [-0.3, -0.25) is 19.7 Å². The summed E-state index contributed by atoms with van der Waals surface area (Å²) in [5.74, 6) is -0.717. The number of nitro groups is 1. The molecule has 0 saturated heterocycles. The van der Waals surface area contributed by atoms with Gasteiger partial charge in [-0.15, -0.1) is 0 Å². The van der Waals surface area contributed by atoms with Crippen LogP contribution >= 0.6 is 0 Å². The van der Waals surface area contributed by atoms with Gasteiger partial charge >= 0.3 is 0 Å². The zero-order valence-electron chi connectivity index (χ0n) is 8.81. The average Bonchev–Trinajstić information content (AvgIpc) is 2.16. The first-order chi connectivity index (χ1) is 7.41. The maximum absolute atomic E-state index is 11.1. The Balaban J connectivity index is 3.22. The van der Waals surface area contributed by atoms with Gasteiger partial charge in [0.15, 0.2) is 5.78 Å². The quantitative estimate of drug-likeness (QED) is 0.479. The van der Waals surface area contributed by atoms with Crippen LogP contribution in [-0.4, -0.2) is 16.6 Å². The molecule has 0 aliphatic carbocycles. The van der Waals surface area contributed by atoms with Crippen molar-refractivity contribution in [3.05, 3.63) is 33.9 Å². The Morgan fingerprint density at radius 3 is 2.38 bits per heavy atom. The predicted octanol–water partition coefficient (Wildman–Crippen LogP) is 1.76. The largest absolute Gasteiger partial charge is 0.326 e. The summed E-state index contributed by atoms with van der Waals surface area (Å²) in [6.07, 6.45) is 0. The van der Waals surface area contributed by atoms with Crippen molar-refractivity contribution < 1.29 is 14.5 Å². The average molecular weight is 222 g/mol. The van der Waals surface area contributed by atoms with Crippen LogP contribution in [0.25, 0.3) is 0 Å². The number of carbonyl (C=O) groups is 2. The lowest BCUT2D eigenvalue weighted by Gasteiger charge is -2.03. The van der Waals surface area contributed by atoms with Crippen molar-refractivity contribution in [3.8, 4) is 0 Å². The lowest BCUT2D eigenvalue weighted by atomic mass is 10.1. The number of carbonyl (C=O) groups excluding carboxylic acids is 2. The molecule has 6 nitrogen and oxygen atoms in total. The maximum Gasteiger partial charge on any atom is 0.282 e. The second-order valence-electron chi connectivity index (χ2n) is 3.23. The zero-order valence-corrected chi connectivity index (χ0v) is 8.81. The predicted molar refractivity (Wildman–Crippen MR) is 57.4 cm³/mol. The van der Waals surface area contributed by atoms with Crippen molar-refractivity contribution >= 4 is 23.1 Å². The number of Topliss-reactive ketones (excluding diaryl/α,β-unsaturated/α-hetero) is 1.